The van der Waals surface area contributed by atoms with E-state index in [1.807, 2.05) is 0 Å². The van der Waals surface area contributed by atoms with Crippen LogP contribution in [0.25, 0.3) is 0 Å². The van der Waals surface area contributed by atoms with E-state index in [9.17, 15) is 14.4 Å². The minimum Gasteiger partial charge on any atom is -0.355 e. The van der Waals surface area contributed by atoms with Crippen LogP contribution in [0.1, 0.15) is 40.0 Å². The summed E-state index contributed by atoms with van der Waals surface area (Å²) in [6.07, 6.45) is 1.85. The Morgan fingerprint density at radius 2 is 1.91 bits per heavy atom. The molecule has 0 radical (unpaired) electrons. The standard InChI is InChI=1S/C14H26N4O3.ClH/c1-4-7-15-8-9-16-11(19)6-5-10-18-12(20)14(2,3)17-13(18)21;/h15H,4-10H2,1-3H3,(H,16,19)(H,17,21);1H. The van der Waals surface area contributed by atoms with E-state index in [2.05, 4.69) is 22.9 Å². The lowest BCUT2D eigenvalue weighted by atomic mass is 10.1. The summed E-state index contributed by atoms with van der Waals surface area (Å²) in [6.45, 7) is 7.98. The molecule has 1 aliphatic heterocycles. The quantitative estimate of drug-likeness (QED) is 0.426. The number of hydrogen-bond acceptors (Lipinski definition) is 4. The molecule has 128 valence electrons. The number of nitrogens with zero attached hydrogens (tertiary/aromatic N) is 1. The van der Waals surface area contributed by atoms with E-state index in [0.717, 1.165) is 19.5 Å². The van der Waals surface area contributed by atoms with Crippen molar-refractivity contribution in [2.75, 3.05) is 26.2 Å². The predicted molar refractivity (Wildman–Crippen MR) is 87.0 cm³/mol. The van der Waals surface area contributed by atoms with Crippen molar-refractivity contribution < 1.29 is 14.4 Å². The summed E-state index contributed by atoms with van der Waals surface area (Å²) in [5.41, 5.74) is -0.843. The molecular weight excluding hydrogens is 308 g/mol. The predicted octanol–water partition coefficient (Wildman–Crippen LogP) is 0.635. The Kier molecular flexibility index (Phi) is 9.04. The summed E-state index contributed by atoms with van der Waals surface area (Å²) >= 11 is 0. The SMILES string of the molecule is CCCNCCNC(=O)CCCN1C(=O)NC(C)(C)C1=O.Cl. The zero-order valence-corrected chi connectivity index (χ0v) is 14.3. The lowest BCUT2D eigenvalue weighted by molar-refractivity contribution is -0.130. The van der Waals surface area contributed by atoms with Gasteiger partial charge in [-0.3, -0.25) is 14.5 Å². The molecule has 1 saturated heterocycles. The molecule has 0 aromatic rings. The number of hydrogen-bond donors (Lipinski definition) is 3. The van der Waals surface area contributed by atoms with Crippen molar-refractivity contribution in [1.29, 1.82) is 0 Å². The first kappa shape index (κ1) is 20.7. The van der Waals surface area contributed by atoms with E-state index in [1.54, 1.807) is 13.8 Å². The van der Waals surface area contributed by atoms with Crippen molar-refractivity contribution in [3.05, 3.63) is 0 Å². The fourth-order valence-electron chi connectivity index (χ4n) is 2.10. The number of imide groups is 1. The molecule has 0 spiro atoms. The Morgan fingerprint density at radius 1 is 1.23 bits per heavy atom. The van der Waals surface area contributed by atoms with E-state index in [4.69, 9.17) is 0 Å². The highest BCUT2D eigenvalue weighted by Crippen LogP contribution is 2.16. The van der Waals surface area contributed by atoms with Crippen LogP contribution in [-0.2, 0) is 9.59 Å². The van der Waals surface area contributed by atoms with Gasteiger partial charge in [0.2, 0.25) is 5.91 Å². The lowest BCUT2D eigenvalue weighted by Gasteiger charge is -2.15. The van der Waals surface area contributed by atoms with Crippen molar-refractivity contribution >= 4 is 30.3 Å². The van der Waals surface area contributed by atoms with Crippen LogP contribution in [0.3, 0.4) is 0 Å². The molecule has 1 rings (SSSR count). The Balaban J connectivity index is 0.00000441. The molecule has 0 saturated carbocycles. The molecule has 1 aliphatic rings. The van der Waals surface area contributed by atoms with Crippen LogP contribution in [0.2, 0.25) is 0 Å². The van der Waals surface area contributed by atoms with Gasteiger partial charge < -0.3 is 16.0 Å². The van der Waals surface area contributed by atoms with Gasteiger partial charge in [0, 0.05) is 26.1 Å². The summed E-state index contributed by atoms with van der Waals surface area (Å²) in [4.78, 5) is 36.3. The van der Waals surface area contributed by atoms with Gasteiger partial charge in [0.05, 0.1) is 0 Å². The second-order valence-electron chi connectivity index (χ2n) is 5.72. The van der Waals surface area contributed by atoms with Gasteiger partial charge in [0.25, 0.3) is 5.91 Å². The van der Waals surface area contributed by atoms with Crippen molar-refractivity contribution in [3.63, 3.8) is 0 Å². The lowest BCUT2D eigenvalue weighted by Crippen LogP contribution is -2.40. The van der Waals surface area contributed by atoms with Crippen LogP contribution in [0.5, 0.6) is 0 Å². The highest BCUT2D eigenvalue weighted by molar-refractivity contribution is 6.06. The van der Waals surface area contributed by atoms with Gasteiger partial charge in [-0.15, -0.1) is 12.4 Å². The molecule has 4 amide bonds. The first-order valence-corrected chi connectivity index (χ1v) is 7.50. The average Bonchev–Trinajstić information content (AvgIpc) is 2.60. The monoisotopic (exact) mass is 334 g/mol. The highest BCUT2D eigenvalue weighted by atomic mass is 35.5. The highest BCUT2D eigenvalue weighted by Gasteiger charge is 2.43. The van der Waals surface area contributed by atoms with Crippen molar-refractivity contribution in [2.24, 2.45) is 0 Å². The third-order valence-electron chi connectivity index (χ3n) is 3.28. The molecule has 0 aromatic heterocycles. The molecule has 0 unspecified atom stereocenters. The maximum atomic E-state index is 11.9. The van der Waals surface area contributed by atoms with Crippen LogP contribution < -0.4 is 16.0 Å². The largest absolute Gasteiger partial charge is 0.355 e. The van der Waals surface area contributed by atoms with Gasteiger partial charge >= 0.3 is 6.03 Å². The number of nitrogens with one attached hydrogen (secondary N) is 3. The maximum absolute atomic E-state index is 11.9. The summed E-state index contributed by atoms with van der Waals surface area (Å²) < 4.78 is 0. The fourth-order valence-corrected chi connectivity index (χ4v) is 2.10. The molecule has 0 atom stereocenters. The second-order valence-corrected chi connectivity index (χ2v) is 5.72. The molecule has 0 bridgehead atoms. The van der Waals surface area contributed by atoms with Gasteiger partial charge in [-0.2, -0.15) is 0 Å². The number of carbonyl (C=O) groups is 3. The van der Waals surface area contributed by atoms with Gasteiger partial charge in [-0.05, 0) is 33.2 Å². The van der Waals surface area contributed by atoms with Crippen LogP contribution in [0.15, 0.2) is 0 Å². The molecule has 3 N–H and O–H groups in total. The first-order chi connectivity index (χ1) is 9.88. The minimum atomic E-state index is -0.843. The van der Waals surface area contributed by atoms with E-state index in [1.165, 1.54) is 4.90 Å². The zero-order valence-electron chi connectivity index (χ0n) is 13.5. The van der Waals surface area contributed by atoms with Gasteiger partial charge in [0.1, 0.15) is 5.54 Å². The van der Waals surface area contributed by atoms with E-state index < -0.39 is 5.54 Å². The third kappa shape index (κ3) is 6.19. The zero-order chi connectivity index (χ0) is 15.9. The fraction of sp³-hybridized carbons (Fsp3) is 0.786. The Bertz CT molecular complexity index is 402. The van der Waals surface area contributed by atoms with E-state index in [0.29, 0.717) is 19.4 Å². The second kappa shape index (κ2) is 9.63. The molecule has 1 fully saturated rings. The van der Waals surface area contributed by atoms with Gasteiger partial charge in [0.15, 0.2) is 0 Å². The Labute approximate surface area is 138 Å². The summed E-state index contributed by atoms with van der Waals surface area (Å²) in [5.74, 6) is -0.295. The first-order valence-electron chi connectivity index (χ1n) is 7.50. The number of carbonyl (C=O) groups excluding carboxylic acids is 3. The minimum absolute atomic E-state index is 0. The normalized spacial score (nSPS) is 16.2. The van der Waals surface area contributed by atoms with E-state index >= 15 is 0 Å². The van der Waals surface area contributed by atoms with E-state index in [-0.39, 0.29) is 36.8 Å². The van der Waals surface area contributed by atoms with Crippen molar-refractivity contribution in [2.45, 2.75) is 45.6 Å². The Morgan fingerprint density at radius 3 is 2.45 bits per heavy atom. The summed E-state index contributed by atoms with van der Waals surface area (Å²) in [6, 6.07) is -0.380. The molecule has 8 heteroatoms. The van der Waals surface area contributed by atoms with Crippen LogP contribution in [0, 0.1) is 0 Å². The molecule has 22 heavy (non-hydrogen) atoms. The molecule has 7 nitrogen and oxygen atoms in total. The molecule has 0 aliphatic carbocycles. The van der Waals surface area contributed by atoms with Crippen LogP contribution in [0.4, 0.5) is 4.79 Å². The Hall–Kier alpha value is -1.34. The number of halogens is 1. The van der Waals surface area contributed by atoms with Gasteiger partial charge in [-0.1, -0.05) is 6.92 Å². The topological polar surface area (TPSA) is 90.5 Å². The number of urea groups is 1. The average molecular weight is 335 g/mol. The number of rotatable bonds is 9. The summed E-state index contributed by atoms with van der Waals surface area (Å²) in [7, 11) is 0. The van der Waals surface area contributed by atoms with Crippen molar-refractivity contribution in [1.82, 2.24) is 20.9 Å². The summed E-state index contributed by atoms with van der Waals surface area (Å²) in [5, 5.41) is 8.61. The third-order valence-corrected chi connectivity index (χ3v) is 3.28. The number of amides is 4. The smallest absolute Gasteiger partial charge is 0.325 e. The molecule has 1 heterocycles. The molecule has 0 aromatic carbocycles. The van der Waals surface area contributed by atoms with Gasteiger partial charge in [-0.25, -0.2) is 4.79 Å². The molecular formula is C14H27ClN4O3. The van der Waals surface area contributed by atoms with Crippen LogP contribution >= 0.6 is 12.4 Å². The van der Waals surface area contributed by atoms with Crippen LogP contribution in [-0.4, -0.2) is 54.5 Å². The maximum Gasteiger partial charge on any atom is 0.325 e. The van der Waals surface area contributed by atoms with Crippen molar-refractivity contribution in [3.8, 4) is 0 Å².